The topological polar surface area (TPSA) is 49.3 Å². The SMILES string of the molecule is CCCN[C@@H](Cc1ccc(C)cc1)C(=O)O. The molecule has 2 N–H and O–H groups in total. The van der Waals surface area contributed by atoms with E-state index in [1.807, 2.05) is 38.1 Å². The van der Waals surface area contributed by atoms with E-state index in [9.17, 15) is 4.79 Å². The fourth-order valence-electron chi connectivity index (χ4n) is 1.53. The van der Waals surface area contributed by atoms with Crippen molar-refractivity contribution in [2.24, 2.45) is 0 Å². The van der Waals surface area contributed by atoms with Gasteiger partial charge in [0.15, 0.2) is 0 Å². The van der Waals surface area contributed by atoms with Gasteiger partial charge in [0.25, 0.3) is 0 Å². The van der Waals surface area contributed by atoms with Crippen LogP contribution in [0.25, 0.3) is 0 Å². The van der Waals surface area contributed by atoms with E-state index in [0.29, 0.717) is 6.42 Å². The molecule has 3 nitrogen and oxygen atoms in total. The first kappa shape index (κ1) is 12.7. The number of hydrogen-bond donors (Lipinski definition) is 2. The van der Waals surface area contributed by atoms with Crippen molar-refractivity contribution in [3.05, 3.63) is 35.4 Å². The monoisotopic (exact) mass is 221 g/mol. The van der Waals surface area contributed by atoms with E-state index in [1.165, 1.54) is 5.56 Å². The molecule has 0 aliphatic rings. The van der Waals surface area contributed by atoms with Gasteiger partial charge in [-0.3, -0.25) is 4.79 Å². The van der Waals surface area contributed by atoms with Gasteiger partial charge in [-0.25, -0.2) is 0 Å². The van der Waals surface area contributed by atoms with Crippen LogP contribution in [0.4, 0.5) is 0 Å². The molecule has 0 bridgehead atoms. The zero-order valence-corrected chi connectivity index (χ0v) is 9.86. The summed E-state index contributed by atoms with van der Waals surface area (Å²) >= 11 is 0. The summed E-state index contributed by atoms with van der Waals surface area (Å²) in [6, 6.07) is 7.50. The lowest BCUT2D eigenvalue weighted by Gasteiger charge is -2.13. The molecule has 3 heteroatoms. The molecule has 0 fully saturated rings. The number of benzene rings is 1. The zero-order chi connectivity index (χ0) is 12.0. The Balaban J connectivity index is 2.60. The molecule has 1 rings (SSSR count). The lowest BCUT2D eigenvalue weighted by atomic mass is 10.0. The van der Waals surface area contributed by atoms with Gasteiger partial charge in [-0.2, -0.15) is 0 Å². The minimum atomic E-state index is -0.783. The van der Waals surface area contributed by atoms with E-state index in [0.717, 1.165) is 18.5 Å². The number of aryl methyl sites for hydroxylation is 1. The quantitative estimate of drug-likeness (QED) is 0.772. The number of aliphatic carboxylic acids is 1. The average Bonchev–Trinajstić information content (AvgIpc) is 2.26. The average molecular weight is 221 g/mol. The van der Waals surface area contributed by atoms with Crippen LogP contribution in [0.5, 0.6) is 0 Å². The van der Waals surface area contributed by atoms with Gasteiger partial charge < -0.3 is 10.4 Å². The number of carboxylic acids is 1. The molecule has 0 aromatic heterocycles. The fourth-order valence-corrected chi connectivity index (χ4v) is 1.53. The molecule has 88 valence electrons. The predicted octanol–water partition coefficient (Wildman–Crippen LogP) is 1.99. The molecule has 0 spiro atoms. The molecule has 0 saturated carbocycles. The van der Waals surface area contributed by atoms with Crippen LogP contribution in [0.3, 0.4) is 0 Å². The Bertz CT molecular complexity index is 332. The molecule has 0 amide bonds. The molecular weight excluding hydrogens is 202 g/mol. The maximum absolute atomic E-state index is 11.0. The molecule has 1 atom stereocenters. The maximum Gasteiger partial charge on any atom is 0.321 e. The van der Waals surface area contributed by atoms with Crippen molar-refractivity contribution < 1.29 is 9.90 Å². The second-order valence-corrected chi connectivity index (χ2v) is 4.03. The minimum Gasteiger partial charge on any atom is -0.480 e. The van der Waals surface area contributed by atoms with Crippen LogP contribution >= 0.6 is 0 Å². The molecule has 16 heavy (non-hydrogen) atoms. The predicted molar refractivity (Wildman–Crippen MR) is 64.6 cm³/mol. The van der Waals surface area contributed by atoms with Gasteiger partial charge in [0.1, 0.15) is 6.04 Å². The van der Waals surface area contributed by atoms with Gasteiger partial charge in [-0.05, 0) is 31.9 Å². The Morgan fingerprint density at radius 3 is 2.50 bits per heavy atom. The van der Waals surface area contributed by atoms with Crippen molar-refractivity contribution >= 4 is 5.97 Å². The van der Waals surface area contributed by atoms with Crippen LogP contribution in [0.2, 0.25) is 0 Å². The largest absolute Gasteiger partial charge is 0.480 e. The third-order valence-corrected chi connectivity index (χ3v) is 2.50. The van der Waals surface area contributed by atoms with Gasteiger partial charge >= 0.3 is 5.97 Å². The number of rotatable bonds is 6. The van der Waals surface area contributed by atoms with Crippen molar-refractivity contribution in [1.29, 1.82) is 0 Å². The van der Waals surface area contributed by atoms with Gasteiger partial charge in [0.05, 0.1) is 0 Å². The van der Waals surface area contributed by atoms with Crippen molar-refractivity contribution in [3.63, 3.8) is 0 Å². The molecule has 0 saturated heterocycles. The van der Waals surface area contributed by atoms with Crippen LogP contribution in [0.15, 0.2) is 24.3 Å². The summed E-state index contributed by atoms with van der Waals surface area (Å²) in [6.07, 6.45) is 1.48. The van der Waals surface area contributed by atoms with Crippen molar-refractivity contribution in [2.45, 2.75) is 32.7 Å². The first-order valence-corrected chi connectivity index (χ1v) is 5.65. The highest BCUT2D eigenvalue weighted by Crippen LogP contribution is 2.06. The Morgan fingerprint density at radius 1 is 1.38 bits per heavy atom. The summed E-state index contributed by atoms with van der Waals surface area (Å²) in [7, 11) is 0. The molecule has 1 aromatic carbocycles. The van der Waals surface area contributed by atoms with E-state index in [4.69, 9.17) is 5.11 Å². The molecule has 0 unspecified atom stereocenters. The minimum absolute atomic E-state index is 0.484. The van der Waals surface area contributed by atoms with Crippen LogP contribution in [-0.2, 0) is 11.2 Å². The first-order valence-electron chi connectivity index (χ1n) is 5.65. The number of carboxylic acid groups (broad SMARTS) is 1. The summed E-state index contributed by atoms with van der Waals surface area (Å²) in [5.41, 5.74) is 2.25. The first-order chi connectivity index (χ1) is 7.63. The highest BCUT2D eigenvalue weighted by molar-refractivity contribution is 5.73. The Hall–Kier alpha value is -1.35. The summed E-state index contributed by atoms with van der Waals surface area (Å²) in [6.45, 7) is 4.79. The molecular formula is C13H19NO2. The second kappa shape index (κ2) is 6.28. The van der Waals surface area contributed by atoms with Crippen molar-refractivity contribution in [1.82, 2.24) is 5.32 Å². The molecule has 0 aliphatic heterocycles. The highest BCUT2D eigenvalue weighted by Gasteiger charge is 2.16. The van der Waals surface area contributed by atoms with Crippen LogP contribution in [0.1, 0.15) is 24.5 Å². The van der Waals surface area contributed by atoms with Crippen LogP contribution in [0, 0.1) is 6.92 Å². The number of nitrogens with one attached hydrogen (secondary N) is 1. The van der Waals surface area contributed by atoms with E-state index in [2.05, 4.69) is 5.32 Å². The summed E-state index contributed by atoms with van der Waals surface area (Å²) < 4.78 is 0. The third kappa shape index (κ3) is 4.03. The Kier molecular flexibility index (Phi) is 4.99. The lowest BCUT2D eigenvalue weighted by Crippen LogP contribution is -2.38. The van der Waals surface area contributed by atoms with E-state index < -0.39 is 12.0 Å². The van der Waals surface area contributed by atoms with E-state index in [1.54, 1.807) is 0 Å². The standard InChI is InChI=1S/C13H19NO2/c1-3-8-14-12(13(15)16)9-11-6-4-10(2)5-7-11/h4-7,12,14H,3,8-9H2,1-2H3,(H,15,16)/t12-/m0/s1. The normalized spacial score (nSPS) is 12.4. The summed E-state index contributed by atoms with van der Waals surface area (Å²) in [5, 5.41) is 12.1. The Labute approximate surface area is 96.5 Å². The Morgan fingerprint density at radius 2 is 2.00 bits per heavy atom. The highest BCUT2D eigenvalue weighted by atomic mass is 16.4. The number of carbonyl (C=O) groups is 1. The van der Waals surface area contributed by atoms with Gasteiger partial charge in [-0.1, -0.05) is 36.8 Å². The molecule has 0 radical (unpaired) electrons. The fraction of sp³-hybridized carbons (Fsp3) is 0.462. The van der Waals surface area contributed by atoms with Crippen LogP contribution < -0.4 is 5.32 Å². The molecule has 0 heterocycles. The van der Waals surface area contributed by atoms with Crippen LogP contribution in [-0.4, -0.2) is 23.7 Å². The van der Waals surface area contributed by atoms with Crippen molar-refractivity contribution in [3.8, 4) is 0 Å². The summed E-state index contributed by atoms with van der Waals surface area (Å²) in [5.74, 6) is -0.783. The summed E-state index contributed by atoms with van der Waals surface area (Å²) in [4.78, 5) is 11.0. The smallest absolute Gasteiger partial charge is 0.321 e. The van der Waals surface area contributed by atoms with Gasteiger partial charge in [-0.15, -0.1) is 0 Å². The van der Waals surface area contributed by atoms with E-state index in [-0.39, 0.29) is 0 Å². The lowest BCUT2D eigenvalue weighted by molar-refractivity contribution is -0.139. The zero-order valence-electron chi connectivity index (χ0n) is 9.86. The van der Waals surface area contributed by atoms with Gasteiger partial charge in [0, 0.05) is 0 Å². The maximum atomic E-state index is 11.0. The number of hydrogen-bond acceptors (Lipinski definition) is 2. The molecule has 0 aliphatic carbocycles. The third-order valence-electron chi connectivity index (χ3n) is 2.50. The second-order valence-electron chi connectivity index (χ2n) is 4.03. The van der Waals surface area contributed by atoms with E-state index >= 15 is 0 Å². The van der Waals surface area contributed by atoms with Gasteiger partial charge in [0.2, 0.25) is 0 Å². The van der Waals surface area contributed by atoms with Crippen molar-refractivity contribution in [2.75, 3.05) is 6.54 Å². The molecule has 1 aromatic rings.